The van der Waals surface area contributed by atoms with Crippen LogP contribution in [0.3, 0.4) is 0 Å². The predicted octanol–water partition coefficient (Wildman–Crippen LogP) is 5.36. The van der Waals surface area contributed by atoms with Crippen molar-refractivity contribution < 1.29 is 17.9 Å². The van der Waals surface area contributed by atoms with Crippen LogP contribution in [0.1, 0.15) is 24.1 Å². The third-order valence-corrected chi connectivity index (χ3v) is 6.73. The van der Waals surface area contributed by atoms with Crippen LogP contribution in [0.15, 0.2) is 71.6 Å². The molecule has 0 fully saturated rings. The lowest BCUT2D eigenvalue weighted by Gasteiger charge is -2.15. The Labute approximate surface area is 197 Å². The summed E-state index contributed by atoms with van der Waals surface area (Å²) in [5.74, 6) is 0.0682. The average Bonchev–Trinajstić information content (AvgIpc) is 2.75. The zero-order valence-corrected chi connectivity index (χ0v) is 19.8. The van der Waals surface area contributed by atoms with Gasteiger partial charge in [-0.15, -0.1) is 0 Å². The molecule has 0 bridgehead atoms. The Hall–Kier alpha value is -2.74. The number of anilines is 1. The summed E-state index contributed by atoms with van der Waals surface area (Å²) in [6, 6.07) is 17.7. The highest BCUT2D eigenvalue weighted by molar-refractivity contribution is 7.92. The van der Waals surface area contributed by atoms with Crippen LogP contribution in [0.2, 0.25) is 10.0 Å². The first-order valence-corrected chi connectivity index (χ1v) is 11.9. The predicted molar refractivity (Wildman–Crippen MR) is 127 cm³/mol. The molecule has 0 saturated carbocycles. The first kappa shape index (κ1) is 23.9. The summed E-state index contributed by atoms with van der Waals surface area (Å²) in [5, 5.41) is 3.93. The standard InChI is InChI=1S/C23H22Cl2N2O4S/c1-15-3-8-19(13-22(15)25)27-32(29,30)21-11-9-20(10-12-21)31-14-23(28)26-16(2)17-4-6-18(24)7-5-17/h3-13,16,27H,14H2,1-2H3,(H,26,28)/t16-/m1/s1. The van der Waals surface area contributed by atoms with Crippen molar-refractivity contribution in [3.63, 3.8) is 0 Å². The Morgan fingerprint density at radius 1 is 1.00 bits per heavy atom. The van der Waals surface area contributed by atoms with E-state index in [0.717, 1.165) is 11.1 Å². The van der Waals surface area contributed by atoms with Crippen LogP contribution in [0, 0.1) is 6.92 Å². The monoisotopic (exact) mass is 492 g/mol. The number of hydrogen-bond acceptors (Lipinski definition) is 4. The van der Waals surface area contributed by atoms with E-state index < -0.39 is 10.0 Å². The Morgan fingerprint density at radius 2 is 1.66 bits per heavy atom. The fourth-order valence-corrected chi connectivity index (χ4v) is 4.21. The lowest BCUT2D eigenvalue weighted by molar-refractivity contribution is -0.123. The number of sulfonamides is 1. The van der Waals surface area contributed by atoms with Gasteiger partial charge in [0.2, 0.25) is 0 Å². The van der Waals surface area contributed by atoms with E-state index >= 15 is 0 Å². The van der Waals surface area contributed by atoms with Gasteiger partial charge in [0.05, 0.1) is 16.6 Å². The third-order valence-electron chi connectivity index (χ3n) is 4.68. The molecule has 0 radical (unpaired) electrons. The van der Waals surface area contributed by atoms with Gasteiger partial charge in [0.15, 0.2) is 6.61 Å². The molecular weight excluding hydrogens is 471 g/mol. The van der Waals surface area contributed by atoms with Crippen LogP contribution in [0.25, 0.3) is 0 Å². The van der Waals surface area contributed by atoms with E-state index in [1.807, 2.05) is 26.0 Å². The van der Waals surface area contributed by atoms with E-state index in [-0.39, 0.29) is 23.5 Å². The fourth-order valence-electron chi connectivity index (χ4n) is 2.85. The van der Waals surface area contributed by atoms with Crippen LogP contribution >= 0.6 is 23.2 Å². The van der Waals surface area contributed by atoms with Crippen LogP contribution in [0.5, 0.6) is 5.75 Å². The van der Waals surface area contributed by atoms with Gasteiger partial charge in [-0.05, 0) is 73.5 Å². The molecule has 1 amide bonds. The Kier molecular flexibility index (Phi) is 7.66. The number of halogens is 2. The Balaban J connectivity index is 1.56. The number of ether oxygens (including phenoxy) is 1. The smallest absolute Gasteiger partial charge is 0.261 e. The summed E-state index contributed by atoms with van der Waals surface area (Å²) >= 11 is 11.9. The van der Waals surface area contributed by atoms with Gasteiger partial charge in [-0.25, -0.2) is 8.42 Å². The zero-order chi connectivity index (χ0) is 23.3. The molecule has 168 valence electrons. The maximum Gasteiger partial charge on any atom is 0.261 e. The molecule has 9 heteroatoms. The second-order valence-electron chi connectivity index (χ2n) is 7.17. The topological polar surface area (TPSA) is 84.5 Å². The van der Waals surface area contributed by atoms with Gasteiger partial charge in [-0.2, -0.15) is 0 Å². The van der Waals surface area contributed by atoms with Crippen molar-refractivity contribution in [2.45, 2.75) is 24.8 Å². The number of aryl methyl sites for hydroxylation is 1. The SMILES string of the molecule is Cc1ccc(NS(=O)(=O)c2ccc(OCC(=O)N[C@H](C)c3ccc(Cl)cc3)cc2)cc1Cl. The van der Waals surface area contributed by atoms with Gasteiger partial charge in [0, 0.05) is 10.0 Å². The van der Waals surface area contributed by atoms with Crippen molar-refractivity contribution >= 4 is 44.8 Å². The fraction of sp³-hybridized carbons (Fsp3) is 0.174. The summed E-state index contributed by atoms with van der Waals surface area (Å²) in [4.78, 5) is 12.2. The highest BCUT2D eigenvalue weighted by Gasteiger charge is 2.15. The van der Waals surface area contributed by atoms with Gasteiger partial charge in [-0.3, -0.25) is 9.52 Å². The van der Waals surface area contributed by atoms with E-state index in [0.29, 0.717) is 21.5 Å². The van der Waals surface area contributed by atoms with E-state index in [2.05, 4.69) is 10.0 Å². The third kappa shape index (κ3) is 6.38. The molecule has 2 N–H and O–H groups in total. The first-order chi connectivity index (χ1) is 15.1. The quantitative estimate of drug-likeness (QED) is 0.443. The van der Waals surface area contributed by atoms with Gasteiger partial charge < -0.3 is 10.1 Å². The highest BCUT2D eigenvalue weighted by atomic mass is 35.5. The van der Waals surface area contributed by atoms with Crippen molar-refractivity contribution in [1.82, 2.24) is 5.32 Å². The van der Waals surface area contributed by atoms with Crippen LogP contribution in [-0.2, 0) is 14.8 Å². The molecule has 0 unspecified atom stereocenters. The highest BCUT2D eigenvalue weighted by Crippen LogP contribution is 2.23. The number of hydrogen-bond donors (Lipinski definition) is 2. The van der Waals surface area contributed by atoms with E-state index in [1.165, 1.54) is 24.3 Å². The number of benzene rings is 3. The molecule has 0 aliphatic rings. The van der Waals surface area contributed by atoms with E-state index in [4.69, 9.17) is 27.9 Å². The maximum atomic E-state index is 12.6. The van der Waals surface area contributed by atoms with Crippen LogP contribution in [-0.4, -0.2) is 20.9 Å². The van der Waals surface area contributed by atoms with Gasteiger partial charge in [0.1, 0.15) is 5.75 Å². The minimum atomic E-state index is -3.79. The van der Waals surface area contributed by atoms with Gasteiger partial charge >= 0.3 is 0 Å². The van der Waals surface area contributed by atoms with Gasteiger partial charge in [0.25, 0.3) is 15.9 Å². The molecule has 3 rings (SSSR count). The molecule has 3 aromatic rings. The molecule has 0 aromatic heterocycles. The molecule has 0 saturated heterocycles. The second-order valence-corrected chi connectivity index (χ2v) is 9.70. The number of rotatable bonds is 8. The molecule has 0 aliphatic heterocycles. The number of carbonyl (C=O) groups excluding carboxylic acids is 1. The van der Waals surface area contributed by atoms with Crippen molar-refractivity contribution in [1.29, 1.82) is 0 Å². The molecule has 0 aliphatic carbocycles. The molecule has 6 nitrogen and oxygen atoms in total. The normalized spacial score (nSPS) is 12.1. The minimum absolute atomic E-state index is 0.0577. The lowest BCUT2D eigenvalue weighted by atomic mass is 10.1. The Morgan fingerprint density at radius 3 is 2.28 bits per heavy atom. The largest absolute Gasteiger partial charge is 0.484 e. The summed E-state index contributed by atoms with van der Waals surface area (Å²) in [7, 11) is -3.79. The van der Waals surface area contributed by atoms with Crippen LogP contribution in [0.4, 0.5) is 5.69 Å². The summed E-state index contributed by atoms with van der Waals surface area (Å²) < 4.78 is 33.1. The van der Waals surface area contributed by atoms with E-state index in [1.54, 1.807) is 30.3 Å². The summed E-state index contributed by atoms with van der Waals surface area (Å²) in [6.45, 7) is 3.48. The second kappa shape index (κ2) is 10.3. The van der Waals surface area contributed by atoms with Crippen LogP contribution < -0.4 is 14.8 Å². The van der Waals surface area contributed by atoms with Crippen molar-refractivity contribution in [3.8, 4) is 5.75 Å². The number of nitrogens with one attached hydrogen (secondary N) is 2. The molecule has 0 spiro atoms. The first-order valence-electron chi connectivity index (χ1n) is 9.71. The molecule has 0 heterocycles. The summed E-state index contributed by atoms with van der Waals surface area (Å²) in [5.41, 5.74) is 2.13. The molecular formula is C23H22Cl2N2O4S. The van der Waals surface area contributed by atoms with Gasteiger partial charge in [-0.1, -0.05) is 41.4 Å². The lowest BCUT2D eigenvalue weighted by Crippen LogP contribution is -2.31. The zero-order valence-electron chi connectivity index (χ0n) is 17.4. The summed E-state index contributed by atoms with van der Waals surface area (Å²) in [6.07, 6.45) is 0. The van der Waals surface area contributed by atoms with Crippen molar-refractivity contribution in [2.24, 2.45) is 0 Å². The Bertz CT molecular complexity index is 1200. The molecule has 32 heavy (non-hydrogen) atoms. The molecule has 1 atom stereocenters. The van der Waals surface area contributed by atoms with E-state index in [9.17, 15) is 13.2 Å². The number of carbonyl (C=O) groups is 1. The molecule has 3 aromatic carbocycles. The number of amides is 1. The van der Waals surface area contributed by atoms with Crippen molar-refractivity contribution in [2.75, 3.05) is 11.3 Å². The maximum absolute atomic E-state index is 12.6. The van der Waals surface area contributed by atoms with Crippen molar-refractivity contribution in [3.05, 3.63) is 87.9 Å². The average molecular weight is 493 g/mol. The minimum Gasteiger partial charge on any atom is -0.484 e.